The lowest BCUT2D eigenvalue weighted by molar-refractivity contribution is 0.599. The Hall–Kier alpha value is -8.14. The Morgan fingerprint density at radius 1 is 0.377 bits per heavy atom. The first kappa shape index (κ1) is 16.1. The fourth-order valence-electron chi connectivity index (χ4n) is 7.38. The van der Waals surface area contributed by atoms with Gasteiger partial charge in [0.2, 0.25) is 0 Å². The number of hydrogen-bond donors (Lipinski definition) is 0. The van der Waals surface area contributed by atoms with Crippen molar-refractivity contribution in [3.8, 4) is 67.3 Å². The molecule has 0 radical (unpaired) electrons. The minimum absolute atomic E-state index is 0.0210. The second-order valence-electron chi connectivity index (χ2n) is 13.3. The van der Waals surface area contributed by atoms with Crippen LogP contribution in [0.25, 0.3) is 121 Å². The summed E-state index contributed by atoms with van der Waals surface area (Å²) in [7, 11) is 0. The van der Waals surface area contributed by atoms with Gasteiger partial charge in [-0.15, -0.1) is 0 Å². The number of aromatic nitrogens is 2. The zero-order valence-electron chi connectivity index (χ0n) is 60.8. The van der Waals surface area contributed by atoms with Gasteiger partial charge in [0.05, 0.1) is 57.9 Å². The van der Waals surface area contributed by atoms with Crippen LogP contribution in [0.1, 0.15) is 41.1 Å². The van der Waals surface area contributed by atoms with Gasteiger partial charge in [0.1, 0.15) is 11.5 Å². The molecule has 0 spiro atoms. The van der Waals surface area contributed by atoms with Gasteiger partial charge in [-0.2, -0.15) is 0 Å². The van der Waals surface area contributed by atoms with E-state index in [0.29, 0.717) is 0 Å². The highest BCUT2D eigenvalue weighted by Crippen LogP contribution is 2.50. The van der Waals surface area contributed by atoms with Crippen LogP contribution in [-0.2, 0) is 0 Å². The summed E-state index contributed by atoms with van der Waals surface area (Å²) in [5, 5.41) is -2.90. The van der Waals surface area contributed by atoms with Gasteiger partial charge in [-0.3, -0.25) is 4.98 Å². The van der Waals surface area contributed by atoms with Crippen molar-refractivity contribution >= 4 is 54.1 Å². The maximum absolute atomic E-state index is 9.94. The molecule has 0 unspecified atom stereocenters. The molecule has 0 aliphatic heterocycles. The van der Waals surface area contributed by atoms with Gasteiger partial charge in [0.25, 0.3) is 0 Å². The molecule has 0 aliphatic carbocycles. The number of furan rings is 1. The Morgan fingerprint density at radius 3 is 1.70 bits per heavy atom. The summed E-state index contributed by atoms with van der Waals surface area (Å²) in [5.74, 6) is -1.99. The summed E-state index contributed by atoms with van der Waals surface area (Å²) in [6.07, 6.45) is -0.659. The standard InChI is InChI=1S/C58H36N2O/c1-3-14-38(15-4-1)53-54(39-16-5-2-6-17-39)58(51-36-43-18-7-8-20-44(43)46-21-10-12-24-49(46)51)61-57(53)42-29-25-37(26-30-42)45-32-33-50(48-23-11-9-22-47(45)48)52-34-31-41-28-27-40-19-13-35-59-55(40)56(41)60-52/h1-36H/i1D,2D,3D,4D,5D,6D,7D,8D,10D,12D,13D,14D,15D,16D,17D,18D,19D,20D,21D,24D,25D,26D,27D,28D,29D,30D,31D,34D,35D,36D. The van der Waals surface area contributed by atoms with Crippen molar-refractivity contribution in [2.24, 2.45) is 0 Å². The maximum atomic E-state index is 9.94. The molecule has 0 N–H and O–H groups in total. The van der Waals surface area contributed by atoms with Crippen molar-refractivity contribution in [2.45, 2.75) is 0 Å². The number of pyridine rings is 2. The predicted octanol–water partition coefficient (Wildman–Crippen LogP) is 15.8. The van der Waals surface area contributed by atoms with Crippen molar-refractivity contribution in [1.29, 1.82) is 0 Å². The van der Waals surface area contributed by atoms with Crippen molar-refractivity contribution in [3.05, 3.63) is 218 Å². The van der Waals surface area contributed by atoms with Crippen LogP contribution in [0.15, 0.2) is 222 Å². The van der Waals surface area contributed by atoms with E-state index in [4.69, 9.17) is 29.1 Å². The van der Waals surface area contributed by atoms with Crippen molar-refractivity contribution < 1.29 is 45.5 Å². The molecular formula is C58H36N2O. The maximum Gasteiger partial charge on any atom is 0.143 e. The average Bonchev–Trinajstić information content (AvgIpc) is 1.69. The highest BCUT2D eigenvalue weighted by atomic mass is 16.3. The smallest absolute Gasteiger partial charge is 0.143 e. The molecule has 3 aromatic heterocycles. The zero-order chi connectivity index (χ0) is 66.4. The third-order valence-electron chi connectivity index (χ3n) is 10.0. The summed E-state index contributed by atoms with van der Waals surface area (Å²) in [6, 6.07) is -17.3. The minimum Gasteiger partial charge on any atom is -0.455 e. The lowest BCUT2D eigenvalue weighted by Gasteiger charge is -2.13. The van der Waals surface area contributed by atoms with E-state index in [1.807, 2.05) is 0 Å². The predicted molar refractivity (Wildman–Crippen MR) is 254 cm³/mol. The van der Waals surface area contributed by atoms with Crippen LogP contribution < -0.4 is 0 Å². The topological polar surface area (TPSA) is 38.9 Å². The van der Waals surface area contributed by atoms with E-state index in [9.17, 15) is 16.4 Å². The summed E-state index contributed by atoms with van der Waals surface area (Å²) in [4.78, 5) is 8.80. The van der Waals surface area contributed by atoms with Crippen molar-refractivity contribution in [1.82, 2.24) is 9.97 Å². The molecule has 3 heterocycles. The first-order valence-electron chi connectivity index (χ1n) is 33.3. The molecule has 3 heteroatoms. The third-order valence-corrected chi connectivity index (χ3v) is 10.0. The van der Waals surface area contributed by atoms with E-state index in [1.165, 1.54) is 18.2 Å². The first-order chi connectivity index (χ1) is 42.7. The fraction of sp³-hybridized carbons (Fsp3) is 0. The van der Waals surface area contributed by atoms with E-state index >= 15 is 0 Å². The van der Waals surface area contributed by atoms with E-state index in [0.717, 1.165) is 0 Å². The number of hydrogen-bond acceptors (Lipinski definition) is 3. The molecule has 61 heavy (non-hydrogen) atoms. The van der Waals surface area contributed by atoms with Gasteiger partial charge >= 0.3 is 0 Å². The normalized spacial score (nSPS) is 18.5. The zero-order valence-corrected chi connectivity index (χ0v) is 30.8. The molecule has 0 amide bonds. The average molecular weight is 807 g/mol. The quantitative estimate of drug-likeness (QED) is 0.157. The van der Waals surface area contributed by atoms with E-state index in [-0.39, 0.29) is 49.4 Å². The Balaban J connectivity index is 1.23. The van der Waals surface area contributed by atoms with Crippen LogP contribution in [0.3, 0.4) is 0 Å². The molecule has 0 saturated heterocycles. The Morgan fingerprint density at radius 2 is 0.951 bits per heavy atom. The van der Waals surface area contributed by atoms with Gasteiger partial charge in [-0.25, -0.2) is 4.98 Å². The van der Waals surface area contributed by atoms with Gasteiger partial charge in [-0.05, 0) is 72.7 Å². The first-order valence-corrected chi connectivity index (χ1v) is 18.3. The monoisotopic (exact) mass is 806 g/mol. The van der Waals surface area contributed by atoms with Crippen molar-refractivity contribution in [3.63, 3.8) is 0 Å². The Labute approximate surface area is 395 Å². The van der Waals surface area contributed by atoms with Crippen LogP contribution in [0.4, 0.5) is 0 Å². The summed E-state index contributed by atoms with van der Waals surface area (Å²) < 4.78 is 279. The van der Waals surface area contributed by atoms with Crippen LogP contribution in [-0.4, -0.2) is 9.97 Å². The molecule has 12 aromatic rings. The van der Waals surface area contributed by atoms with Gasteiger partial charge < -0.3 is 4.42 Å². The number of fused-ring (bicyclic) bond motifs is 7. The molecular weight excluding hydrogens is 741 g/mol. The fourth-order valence-corrected chi connectivity index (χ4v) is 7.38. The molecule has 9 aromatic carbocycles. The van der Waals surface area contributed by atoms with E-state index in [1.54, 1.807) is 18.2 Å². The summed E-state index contributed by atoms with van der Waals surface area (Å²) >= 11 is 0. The van der Waals surface area contributed by atoms with Crippen LogP contribution in [0.2, 0.25) is 0 Å². The Bertz CT molecular complexity index is 5340. The van der Waals surface area contributed by atoms with Crippen LogP contribution in [0, 0.1) is 0 Å². The number of benzene rings is 9. The van der Waals surface area contributed by atoms with E-state index < -0.39 is 253 Å². The highest BCUT2D eigenvalue weighted by Gasteiger charge is 2.27. The van der Waals surface area contributed by atoms with Gasteiger partial charge in [0.15, 0.2) is 0 Å². The van der Waals surface area contributed by atoms with Gasteiger partial charge in [0, 0.05) is 44.8 Å². The lowest BCUT2D eigenvalue weighted by Crippen LogP contribution is -1.91. The molecule has 0 fully saturated rings. The molecule has 284 valence electrons. The van der Waals surface area contributed by atoms with Crippen LogP contribution >= 0.6 is 0 Å². The SMILES string of the molecule is [2H]c1nc2c(c([2H])c1[2H])c([2H])c([2H])c1c([2H])c([2H])c(-c3ccc(-c4c([2H])c([2H])c(-c5oc(-c6c([2H])c7c([2H])c([2H])c([2H])c([2H])c7c7c([2H])c([2H])c([2H])c([2H])c67)c(-c6c([2H])c([2H])c([2H])c([2H])c6[2H])c5-c5c([2H])c([2H])c([2H])c([2H])c5[2H])c([2H])c4[2H])c4ccccc34)nc12. The summed E-state index contributed by atoms with van der Waals surface area (Å²) in [5.41, 5.74) is -6.43. The van der Waals surface area contributed by atoms with Crippen LogP contribution in [0.5, 0.6) is 0 Å². The largest absolute Gasteiger partial charge is 0.455 e. The summed E-state index contributed by atoms with van der Waals surface area (Å²) in [6.45, 7) is 0. The van der Waals surface area contributed by atoms with Crippen molar-refractivity contribution in [2.75, 3.05) is 0 Å². The molecule has 3 nitrogen and oxygen atoms in total. The minimum atomic E-state index is -1.09. The molecule has 0 aliphatic rings. The molecule has 12 rings (SSSR count). The molecule has 0 atom stereocenters. The second-order valence-corrected chi connectivity index (χ2v) is 13.3. The molecule has 0 bridgehead atoms. The molecule has 0 saturated carbocycles. The lowest BCUT2D eigenvalue weighted by atomic mass is 9.89. The highest BCUT2D eigenvalue weighted by molar-refractivity contribution is 6.15. The Kier molecular flexibility index (Phi) is 3.78. The number of rotatable bonds is 6. The third kappa shape index (κ3) is 5.82. The second kappa shape index (κ2) is 14.3. The number of nitrogens with zero attached hydrogens (tertiary/aromatic N) is 2. The van der Waals surface area contributed by atoms with Gasteiger partial charge in [-0.1, -0.05) is 194 Å². The van der Waals surface area contributed by atoms with E-state index in [2.05, 4.69) is 9.97 Å².